The van der Waals surface area contributed by atoms with Crippen molar-refractivity contribution in [1.82, 2.24) is 14.6 Å². The smallest absolute Gasteiger partial charge is 0.152 e. The Kier molecular flexibility index (Phi) is 3.82. The second-order valence-corrected chi connectivity index (χ2v) is 6.02. The first-order valence-corrected chi connectivity index (χ1v) is 7.46. The van der Waals surface area contributed by atoms with Crippen LogP contribution >= 0.6 is 0 Å². The lowest BCUT2D eigenvalue weighted by Crippen LogP contribution is -2.42. The third kappa shape index (κ3) is 3.01. The van der Waals surface area contributed by atoms with Crippen LogP contribution in [0.15, 0.2) is 18.5 Å². The third-order valence-corrected chi connectivity index (χ3v) is 4.01. The maximum Gasteiger partial charge on any atom is 0.152 e. The summed E-state index contributed by atoms with van der Waals surface area (Å²) in [7, 11) is 0. The van der Waals surface area contributed by atoms with E-state index in [1.807, 2.05) is 16.8 Å². The van der Waals surface area contributed by atoms with E-state index in [0.29, 0.717) is 38.5 Å². The summed E-state index contributed by atoms with van der Waals surface area (Å²) in [4.78, 5) is 4.38. The average molecular weight is 290 g/mol. The minimum absolute atomic E-state index is 0.373. The lowest BCUT2D eigenvalue weighted by Gasteiger charge is -2.32. The van der Waals surface area contributed by atoms with Gasteiger partial charge in [-0.25, -0.2) is 9.50 Å². The molecule has 0 bridgehead atoms. The van der Waals surface area contributed by atoms with Crippen LogP contribution in [0.4, 0.5) is 5.82 Å². The molecule has 2 aromatic rings. The third-order valence-electron chi connectivity index (χ3n) is 4.01. The number of aliphatic hydroxyl groups is 1. The molecule has 3 rings (SSSR count). The molecule has 114 valence electrons. The minimum atomic E-state index is -0.715. The zero-order valence-corrected chi connectivity index (χ0v) is 12.5. The number of anilines is 1. The maximum atomic E-state index is 10.5. The standard InChI is InChI=1S/C15H22N4O2/c1-11(2)12-9-13-14(16-5-6-19(13)18-12)17-10-15(20)3-7-21-8-4-15/h5-6,9,11,20H,3-4,7-8,10H2,1-2H3,(H,16,17). The van der Waals surface area contributed by atoms with Gasteiger partial charge in [-0.3, -0.25) is 0 Å². The summed E-state index contributed by atoms with van der Waals surface area (Å²) in [5, 5.41) is 18.3. The molecule has 6 heteroatoms. The van der Waals surface area contributed by atoms with Crippen LogP contribution in [0.1, 0.15) is 38.3 Å². The molecule has 0 aromatic carbocycles. The largest absolute Gasteiger partial charge is 0.388 e. The van der Waals surface area contributed by atoms with E-state index in [1.54, 1.807) is 6.20 Å². The number of hydrogen-bond acceptors (Lipinski definition) is 5. The van der Waals surface area contributed by atoms with Crippen LogP contribution in [0.5, 0.6) is 0 Å². The highest BCUT2D eigenvalue weighted by atomic mass is 16.5. The molecule has 1 fully saturated rings. The van der Waals surface area contributed by atoms with Crippen molar-refractivity contribution in [2.75, 3.05) is 25.1 Å². The van der Waals surface area contributed by atoms with E-state index >= 15 is 0 Å². The Hall–Kier alpha value is -1.66. The lowest BCUT2D eigenvalue weighted by atomic mass is 9.94. The molecule has 1 aliphatic heterocycles. The Balaban J connectivity index is 1.80. The van der Waals surface area contributed by atoms with Gasteiger partial charge in [0.1, 0.15) is 5.52 Å². The van der Waals surface area contributed by atoms with Crippen molar-refractivity contribution >= 4 is 11.3 Å². The summed E-state index contributed by atoms with van der Waals surface area (Å²) in [5.41, 5.74) is 1.26. The molecular formula is C15H22N4O2. The Morgan fingerprint density at radius 3 is 2.90 bits per heavy atom. The molecule has 0 saturated carbocycles. The molecule has 0 atom stereocenters. The normalized spacial score (nSPS) is 18.3. The second-order valence-electron chi connectivity index (χ2n) is 6.02. The maximum absolute atomic E-state index is 10.5. The van der Waals surface area contributed by atoms with Crippen LogP contribution in [-0.2, 0) is 4.74 Å². The van der Waals surface area contributed by atoms with E-state index in [4.69, 9.17) is 4.74 Å². The van der Waals surface area contributed by atoms with Crippen molar-refractivity contribution in [1.29, 1.82) is 0 Å². The fourth-order valence-corrected chi connectivity index (χ4v) is 2.54. The molecular weight excluding hydrogens is 268 g/mol. The number of hydrogen-bond donors (Lipinski definition) is 2. The molecule has 21 heavy (non-hydrogen) atoms. The van der Waals surface area contributed by atoms with Crippen molar-refractivity contribution in [2.24, 2.45) is 0 Å². The zero-order chi connectivity index (χ0) is 14.9. The minimum Gasteiger partial charge on any atom is -0.388 e. The summed E-state index contributed by atoms with van der Waals surface area (Å²) >= 11 is 0. The van der Waals surface area contributed by atoms with Crippen molar-refractivity contribution in [3.63, 3.8) is 0 Å². The number of nitrogens with one attached hydrogen (secondary N) is 1. The quantitative estimate of drug-likeness (QED) is 0.898. The van der Waals surface area contributed by atoms with Crippen molar-refractivity contribution in [2.45, 2.75) is 38.2 Å². The SMILES string of the molecule is CC(C)c1cc2c(NCC3(O)CCOCC3)nccn2n1. The summed E-state index contributed by atoms with van der Waals surface area (Å²) in [6, 6.07) is 2.05. The molecule has 0 aliphatic carbocycles. The van der Waals surface area contributed by atoms with Gasteiger partial charge in [0.05, 0.1) is 11.3 Å². The molecule has 3 heterocycles. The van der Waals surface area contributed by atoms with Crippen LogP contribution in [0.25, 0.3) is 5.52 Å². The zero-order valence-electron chi connectivity index (χ0n) is 12.5. The highest BCUT2D eigenvalue weighted by Crippen LogP contribution is 2.23. The fourth-order valence-electron chi connectivity index (χ4n) is 2.54. The monoisotopic (exact) mass is 290 g/mol. The summed E-state index contributed by atoms with van der Waals surface area (Å²) < 4.78 is 7.13. The summed E-state index contributed by atoms with van der Waals surface area (Å²) in [6.45, 7) is 5.94. The van der Waals surface area contributed by atoms with Gasteiger partial charge in [0, 0.05) is 45.0 Å². The fraction of sp³-hybridized carbons (Fsp3) is 0.600. The number of rotatable bonds is 4. The molecule has 1 aliphatic rings. The van der Waals surface area contributed by atoms with E-state index in [9.17, 15) is 5.11 Å². The van der Waals surface area contributed by atoms with Crippen molar-refractivity contribution in [3.05, 3.63) is 24.2 Å². The van der Waals surface area contributed by atoms with Gasteiger partial charge in [-0.1, -0.05) is 13.8 Å². The van der Waals surface area contributed by atoms with E-state index in [-0.39, 0.29) is 0 Å². The van der Waals surface area contributed by atoms with E-state index in [1.165, 1.54) is 0 Å². The van der Waals surface area contributed by atoms with Gasteiger partial charge in [-0.05, 0) is 12.0 Å². The molecule has 1 saturated heterocycles. The summed E-state index contributed by atoms with van der Waals surface area (Å²) in [6.07, 6.45) is 4.87. The Labute approximate surface area is 124 Å². The number of aromatic nitrogens is 3. The van der Waals surface area contributed by atoms with Gasteiger partial charge < -0.3 is 15.2 Å². The number of ether oxygens (including phenoxy) is 1. The van der Waals surface area contributed by atoms with E-state index in [2.05, 4.69) is 29.2 Å². The highest BCUT2D eigenvalue weighted by Gasteiger charge is 2.29. The average Bonchev–Trinajstić information content (AvgIpc) is 2.91. The van der Waals surface area contributed by atoms with Crippen LogP contribution in [0.2, 0.25) is 0 Å². The number of nitrogens with zero attached hydrogens (tertiary/aromatic N) is 3. The van der Waals surface area contributed by atoms with Crippen LogP contribution in [0.3, 0.4) is 0 Å². The molecule has 0 unspecified atom stereocenters. The first-order chi connectivity index (χ1) is 10.1. The van der Waals surface area contributed by atoms with Gasteiger partial charge in [-0.15, -0.1) is 0 Å². The predicted molar refractivity (Wildman–Crippen MR) is 80.6 cm³/mol. The van der Waals surface area contributed by atoms with Gasteiger partial charge in [0.2, 0.25) is 0 Å². The van der Waals surface area contributed by atoms with Crippen LogP contribution in [-0.4, -0.2) is 45.1 Å². The van der Waals surface area contributed by atoms with Crippen molar-refractivity contribution < 1.29 is 9.84 Å². The van der Waals surface area contributed by atoms with Gasteiger partial charge >= 0.3 is 0 Å². The highest BCUT2D eigenvalue weighted by molar-refractivity contribution is 5.68. The second kappa shape index (κ2) is 5.61. The Morgan fingerprint density at radius 1 is 1.43 bits per heavy atom. The van der Waals surface area contributed by atoms with E-state index in [0.717, 1.165) is 17.0 Å². The molecule has 0 radical (unpaired) electrons. The lowest BCUT2D eigenvalue weighted by molar-refractivity contribution is -0.0543. The molecule has 2 N–H and O–H groups in total. The van der Waals surface area contributed by atoms with Gasteiger partial charge in [0.15, 0.2) is 5.82 Å². The first-order valence-electron chi connectivity index (χ1n) is 7.46. The molecule has 2 aromatic heterocycles. The van der Waals surface area contributed by atoms with Crippen molar-refractivity contribution in [3.8, 4) is 0 Å². The van der Waals surface area contributed by atoms with Crippen LogP contribution in [0, 0.1) is 0 Å². The summed E-state index contributed by atoms with van der Waals surface area (Å²) in [5.74, 6) is 1.13. The topological polar surface area (TPSA) is 71.7 Å². The Morgan fingerprint density at radius 2 is 2.19 bits per heavy atom. The van der Waals surface area contributed by atoms with Crippen LogP contribution < -0.4 is 5.32 Å². The molecule has 0 spiro atoms. The molecule has 6 nitrogen and oxygen atoms in total. The predicted octanol–water partition coefficient (Wildman–Crippen LogP) is 1.81. The molecule has 0 amide bonds. The van der Waals surface area contributed by atoms with E-state index < -0.39 is 5.60 Å². The van der Waals surface area contributed by atoms with Gasteiger partial charge in [-0.2, -0.15) is 5.10 Å². The Bertz CT molecular complexity index is 617. The van der Waals surface area contributed by atoms with Gasteiger partial charge in [0.25, 0.3) is 0 Å². The number of fused-ring (bicyclic) bond motifs is 1. The first kappa shape index (κ1) is 14.3.